The number of nitrogens with zero attached hydrogens (tertiary/aromatic N) is 3. The van der Waals surface area contributed by atoms with Gasteiger partial charge in [0.1, 0.15) is 5.69 Å². The number of rotatable bonds is 5. The van der Waals surface area contributed by atoms with Gasteiger partial charge in [0.25, 0.3) is 11.6 Å². The summed E-state index contributed by atoms with van der Waals surface area (Å²) in [5.41, 5.74) is 8.33. The minimum atomic E-state index is -0.516. The number of hydrogen-bond acceptors (Lipinski definition) is 5. The predicted octanol–water partition coefficient (Wildman–Crippen LogP) is 3.15. The third-order valence-corrected chi connectivity index (χ3v) is 3.80. The average molecular weight is 351 g/mol. The van der Waals surface area contributed by atoms with E-state index in [2.05, 4.69) is 16.0 Å². The molecule has 3 aromatic rings. The number of aryl methyl sites for hydroxylation is 2. The zero-order valence-electron chi connectivity index (χ0n) is 14.3. The van der Waals surface area contributed by atoms with Gasteiger partial charge in [-0.25, -0.2) is 4.68 Å². The summed E-state index contributed by atoms with van der Waals surface area (Å²) in [5, 5.41) is 15.4. The number of hydrogen-bond donors (Lipinski definition) is 2. The molecule has 0 aliphatic carbocycles. The van der Waals surface area contributed by atoms with Crippen LogP contribution in [0, 0.1) is 24.0 Å². The highest BCUT2D eigenvalue weighted by molar-refractivity contribution is 5.95. The molecule has 0 unspecified atom stereocenters. The molecule has 26 heavy (non-hydrogen) atoms. The van der Waals surface area contributed by atoms with E-state index < -0.39 is 10.8 Å². The number of carbonyl (C=O) groups excluding carboxylic acids is 1. The van der Waals surface area contributed by atoms with Gasteiger partial charge in [0.2, 0.25) is 0 Å². The van der Waals surface area contributed by atoms with Crippen molar-refractivity contribution in [1.82, 2.24) is 15.2 Å². The van der Waals surface area contributed by atoms with Crippen molar-refractivity contribution in [2.75, 3.05) is 5.43 Å². The molecule has 1 heterocycles. The molecule has 0 saturated carbocycles. The number of nitro groups is 1. The summed E-state index contributed by atoms with van der Waals surface area (Å²) in [5.74, 6) is -0.400. The van der Waals surface area contributed by atoms with E-state index in [0.29, 0.717) is 5.56 Å². The first-order valence-corrected chi connectivity index (χ1v) is 7.89. The molecule has 1 aromatic heterocycles. The largest absolute Gasteiger partial charge is 0.294 e. The topological polar surface area (TPSA) is 102 Å². The van der Waals surface area contributed by atoms with Crippen LogP contribution < -0.4 is 10.9 Å². The van der Waals surface area contributed by atoms with Gasteiger partial charge in [-0.1, -0.05) is 12.1 Å². The number of para-hydroxylation sites is 2. The lowest BCUT2D eigenvalue weighted by atomic mass is 10.2. The second kappa shape index (κ2) is 7.06. The molecule has 132 valence electrons. The molecule has 2 aromatic carbocycles. The van der Waals surface area contributed by atoms with Crippen LogP contribution in [-0.4, -0.2) is 20.6 Å². The van der Waals surface area contributed by atoms with Crippen molar-refractivity contribution in [3.8, 4) is 5.69 Å². The fraction of sp³-hybridized carbons (Fsp3) is 0.111. The van der Waals surface area contributed by atoms with Gasteiger partial charge in [-0.15, -0.1) is 0 Å². The molecule has 0 atom stereocenters. The number of amides is 1. The lowest BCUT2D eigenvalue weighted by molar-refractivity contribution is -0.384. The van der Waals surface area contributed by atoms with Crippen LogP contribution in [0.15, 0.2) is 54.6 Å². The van der Waals surface area contributed by atoms with Crippen molar-refractivity contribution in [1.29, 1.82) is 0 Å². The molecule has 1 amide bonds. The van der Waals surface area contributed by atoms with Crippen LogP contribution in [0.2, 0.25) is 0 Å². The van der Waals surface area contributed by atoms with E-state index in [0.717, 1.165) is 17.1 Å². The van der Waals surface area contributed by atoms with E-state index in [1.165, 1.54) is 12.1 Å². The van der Waals surface area contributed by atoms with Crippen molar-refractivity contribution in [3.63, 3.8) is 0 Å². The first-order chi connectivity index (χ1) is 12.5. The molecule has 0 saturated heterocycles. The zero-order valence-corrected chi connectivity index (χ0v) is 14.3. The first-order valence-electron chi connectivity index (χ1n) is 7.89. The van der Waals surface area contributed by atoms with Crippen molar-refractivity contribution in [2.24, 2.45) is 0 Å². The predicted molar refractivity (Wildman–Crippen MR) is 97.2 cm³/mol. The second-order valence-electron chi connectivity index (χ2n) is 5.74. The maximum Gasteiger partial charge on any atom is 0.294 e. The molecule has 0 radical (unpaired) electrons. The van der Waals surface area contributed by atoms with Gasteiger partial charge in [0.15, 0.2) is 0 Å². The fourth-order valence-corrected chi connectivity index (χ4v) is 2.58. The minimum absolute atomic E-state index is 0.118. The Hall–Kier alpha value is -3.68. The van der Waals surface area contributed by atoms with Crippen molar-refractivity contribution >= 4 is 17.3 Å². The van der Waals surface area contributed by atoms with Crippen LogP contribution >= 0.6 is 0 Å². The summed E-state index contributed by atoms with van der Waals surface area (Å²) in [6, 6.07) is 15.0. The van der Waals surface area contributed by atoms with E-state index in [1.54, 1.807) is 41.1 Å². The molecule has 0 fully saturated rings. The highest BCUT2D eigenvalue weighted by Gasteiger charge is 2.13. The summed E-state index contributed by atoms with van der Waals surface area (Å²) >= 11 is 0. The number of benzene rings is 2. The molecule has 8 heteroatoms. The number of aromatic nitrogens is 2. The molecule has 2 N–H and O–H groups in total. The number of hydrazine groups is 1. The molecule has 0 aliphatic rings. The smallest absolute Gasteiger partial charge is 0.292 e. The van der Waals surface area contributed by atoms with E-state index in [1.807, 2.05) is 19.9 Å². The van der Waals surface area contributed by atoms with Crippen molar-refractivity contribution in [3.05, 3.63) is 81.7 Å². The fourth-order valence-electron chi connectivity index (χ4n) is 2.58. The van der Waals surface area contributed by atoms with Gasteiger partial charge in [-0.05, 0) is 50.2 Å². The van der Waals surface area contributed by atoms with Gasteiger partial charge in [-0.3, -0.25) is 25.8 Å². The van der Waals surface area contributed by atoms with E-state index in [9.17, 15) is 14.9 Å². The Morgan fingerprint density at radius 3 is 2.42 bits per heavy atom. The quantitative estimate of drug-likeness (QED) is 0.543. The Morgan fingerprint density at radius 2 is 1.81 bits per heavy atom. The van der Waals surface area contributed by atoms with Gasteiger partial charge < -0.3 is 0 Å². The van der Waals surface area contributed by atoms with Crippen molar-refractivity contribution in [2.45, 2.75) is 13.8 Å². The average Bonchev–Trinajstić information content (AvgIpc) is 2.98. The SMILES string of the molecule is Cc1cc(C)n(-c2ccc(C(=O)NNc3ccccc3[N+](=O)[O-])cc2)n1. The maximum absolute atomic E-state index is 12.3. The van der Waals surface area contributed by atoms with Gasteiger partial charge >= 0.3 is 0 Å². The number of nitro benzene ring substituents is 1. The molecule has 0 aliphatic heterocycles. The van der Waals surface area contributed by atoms with Crippen LogP contribution in [0.3, 0.4) is 0 Å². The number of carbonyl (C=O) groups is 1. The number of anilines is 1. The minimum Gasteiger partial charge on any atom is -0.292 e. The third kappa shape index (κ3) is 3.54. The summed E-state index contributed by atoms with van der Waals surface area (Å²) in [6.07, 6.45) is 0. The third-order valence-electron chi connectivity index (χ3n) is 3.80. The summed E-state index contributed by atoms with van der Waals surface area (Å²) in [6.45, 7) is 3.87. The molecular weight excluding hydrogens is 334 g/mol. The second-order valence-corrected chi connectivity index (χ2v) is 5.74. The standard InChI is InChI=1S/C18H17N5O3/c1-12-11-13(2)22(21-12)15-9-7-14(8-10-15)18(24)20-19-16-5-3-4-6-17(16)23(25)26/h3-11,19H,1-2H3,(H,20,24). The van der Waals surface area contributed by atoms with Gasteiger partial charge in [0.05, 0.1) is 16.3 Å². The Kier molecular flexibility index (Phi) is 4.66. The van der Waals surface area contributed by atoms with E-state index in [-0.39, 0.29) is 11.4 Å². The number of nitrogens with one attached hydrogen (secondary N) is 2. The summed E-state index contributed by atoms with van der Waals surface area (Å²) in [4.78, 5) is 22.7. The Labute approximate surface area is 149 Å². The van der Waals surface area contributed by atoms with Crippen LogP contribution in [0.4, 0.5) is 11.4 Å². The van der Waals surface area contributed by atoms with E-state index in [4.69, 9.17) is 0 Å². The first kappa shape index (κ1) is 17.2. The van der Waals surface area contributed by atoms with Crippen LogP contribution in [-0.2, 0) is 0 Å². The van der Waals surface area contributed by atoms with E-state index >= 15 is 0 Å². The molecule has 3 rings (SSSR count). The molecule has 0 bridgehead atoms. The normalized spacial score (nSPS) is 10.4. The molecule has 8 nitrogen and oxygen atoms in total. The molecule has 0 spiro atoms. The zero-order chi connectivity index (χ0) is 18.7. The Balaban J connectivity index is 1.71. The van der Waals surface area contributed by atoms with Crippen LogP contribution in [0.5, 0.6) is 0 Å². The van der Waals surface area contributed by atoms with Crippen LogP contribution in [0.1, 0.15) is 21.7 Å². The van der Waals surface area contributed by atoms with Gasteiger partial charge in [-0.2, -0.15) is 5.10 Å². The monoisotopic (exact) mass is 351 g/mol. The lowest BCUT2D eigenvalue weighted by Gasteiger charge is -2.10. The van der Waals surface area contributed by atoms with Gasteiger partial charge in [0, 0.05) is 17.3 Å². The molecular formula is C18H17N5O3. The summed E-state index contributed by atoms with van der Waals surface area (Å²) < 4.78 is 1.79. The highest BCUT2D eigenvalue weighted by Crippen LogP contribution is 2.22. The van der Waals surface area contributed by atoms with Crippen LogP contribution in [0.25, 0.3) is 5.69 Å². The summed E-state index contributed by atoms with van der Waals surface area (Å²) in [7, 11) is 0. The highest BCUT2D eigenvalue weighted by atomic mass is 16.6. The Morgan fingerprint density at radius 1 is 1.12 bits per heavy atom. The lowest BCUT2D eigenvalue weighted by Crippen LogP contribution is -2.29. The van der Waals surface area contributed by atoms with Crippen molar-refractivity contribution < 1.29 is 9.72 Å². The Bertz CT molecular complexity index is 963. The maximum atomic E-state index is 12.3.